The van der Waals surface area contributed by atoms with Crippen molar-refractivity contribution < 1.29 is 43.6 Å². The van der Waals surface area contributed by atoms with Crippen molar-refractivity contribution >= 4 is 10.1 Å². The Bertz CT molecular complexity index is 330. The van der Waals surface area contributed by atoms with Crippen LogP contribution >= 0.6 is 0 Å². The summed E-state index contributed by atoms with van der Waals surface area (Å²) < 4.78 is 27.8. The molecule has 6 heteroatoms. The Morgan fingerprint density at radius 1 is 0.826 bits per heavy atom. The van der Waals surface area contributed by atoms with Crippen LogP contribution in [0, 0.1) is 0 Å². The molecule has 0 radical (unpaired) electrons. The van der Waals surface area contributed by atoms with Crippen LogP contribution in [0.1, 0.15) is 85.4 Å². The number of rotatable bonds is 17. The number of nitrogens with one attached hydrogen (secondary N) is 1. The second-order valence-corrected chi connectivity index (χ2v) is 7.84. The van der Waals surface area contributed by atoms with Gasteiger partial charge in [0, 0.05) is 6.54 Å². The smallest absolute Gasteiger partial charge is 1.00 e. The Kier molecular flexibility index (Phi) is 21.8. The molecule has 0 unspecified atom stereocenters. The Balaban J connectivity index is -0.00000220. The Hall–Kier alpha value is 0.870. The van der Waals surface area contributed by atoms with Gasteiger partial charge in [-0.3, -0.25) is 4.18 Å². The maximum Gasteiger partial charge on any atom is 1.00 e. The number of unbranched alkanes of at least 4 members (excludes halogenated alkanes) is 11. The Morgan fingerprint density at radius 2 is 1.26 bits per heavy atom. The topological polar surface area (TPSA) is 55.4 Å². The van der Waals surface area contributed by atoms with Crippen molar-refractivity contribution in [3.63, 3.8) is 0 Å². The number of hydrogen-bond donors (Lipinski definition) is 1. The molecular weight excluding hydrogens is 321 g/mol. The molecule has 0 aliphatic rings. The molecule has 0 aromatic carbocycles. The van der Waals surface area contributed by atoms with Crippen molar-refractivity contribution in [1.82, 2.24) is 5.32 Å². The van der Waals surface area contributed by atoms with Crippen LogP contribution in [-0.2, 0) is 14.3 Å². The Morgan fingerprint density at radius 3 is 1.70 bits per heavy atom. The zero-order chi connectivity index (χ0) is 16.5. The molecule has 0 amide bonds. The second-order valence-electron chi connectivity index (χ2n) is 6.08. The van der Waals surface area contributed by atoms with Gasteiger partial charge < -0.3 is 6.74 Å². The fourth-order valence-corrected chi connectivity index (χ4v) is 3.36. The normalized spacial score (nSPS) is 11.4. The third-order valence-electron chi connectivity index (χ3n) is 3.86. The zero-order valence-corrected chi connectivity index (χ0v) is 18.6. The van der Waals surface area contributed by atoms with Gasteiger partial charge in [0.05, 0.1) is 12.4 Å². The predicted molar refractivity (Wildman–Crippen MR) is 95.9 cm³/mol. The maximum absolute atomic E-state index is 11.4. The molecule has 0 aliphatic heterocycles. The minimum absolute atomic E-state index is 0. The third kappa shape index (κ3) is 20.8. The van der Waals surface area contributed by atoms with Gasteiger partial charge >= 0.3 is 29.6 Å². The van der Waals surface area contributed by atoms with Crippen LogP contribution in [0.25, 0.3) is 0 Å². The van der Waals surface area contributed by atoms with Crippen molar-refractivity contribution in [2.24, 2.45) is 0 Å². The van der Waals surface area contributed by atoms with E-state index >= 15 is 0 Å². The summed E-state index contributed by atoms with van der Waals surface area (Å²) in [6.07, 6.45) is 15.3. The molecule has 1 N–H and O–H groups in total. The molecule has 0 aromatic heterocycles. The van der Waals surface area contributed by atoms with Gasteiger partial charge in [-0.25, -0.2) is 0 Å². The van der Waals surface area contributed by atoms with E-state index in [1.807, 2.05) is 0 Å². The quantitative estimate of drug-likeness (QED) is 0.242. The molecule has 0 atom stereocenters. The largest absolute Gasteiger partial charge is 1.00 e. The van der Waals surface area contributed by atoms with Crippen LogP contribution in [0.2, 0.25) is 0 Å². The fourth-order valence-electron chi connectivity index (χ4n) is 2.41. The van der Waals surface area contributed by atoms with Gasteiger partial charge in [0.15, 0.2) is 0 Å². The van der Waals surface area contributed by atoms with Crippen LogP contribution in [0.15, 0.2) is 0 Å². The standard InChI is InChI=1S/C17H37NO3S.Na.H/c1-3-4-5-6-7-8-9-10-11-12-13-14-16-21-22(19,20)17-15-18-2;;/h18H,3-17H2,1-2H3;;/q;+1;-1. The minimum atomic E-state index is -3.32. The first-order chi connectivity index (χ1) is 10.6. The summed E-state index contributed by atoms with van der Waals surface area (Å²) in [7, 11) is -1.58. The fraction of sp³-hybridized carbons (Fsp3) is 1.00. The van der Waals surface area contributed by atoms with E-state index in [0.717, 1.165) is 12.8 Å². The number of hydrogen-bond acceptors (Lipinski definition) is 4. The van der Waals surface area contributed by atoms with E-state index in [1.165, 1.54) is 64.2 Å². The first kappa shape index (κ1) is 26.1. The van der Waals surface area contributed by atoms with E-state index in [1.54, 1.807) is 7.05 Å². The van der Waals surface area contributed by atoms with Gasteiger partial charge in [-0.15, -0.1) is 0 Å². The summed E-state index contributed by atoms with van der Waals surface area (Å²) in [5.74, 6) is 0.0573. The van der Waals surface area contributed by atoms with E-state index in [4.69, 9.17) is 4.18 Å². The molecule has 136 valence electrons. The molecule has 0 heterocycles. The zero-order valence-electron chi connectivity index (χ0n) is 16.7. The van der Waals surface area contributed by atoms with Gasteiger partial charge in [-0.2, -0.15) is 8.42 Å². The van der Waals surface area contributed by atoms with Gasteiger partial charge in [0.1, 0.15) is 0 Å². The molecule has 0 saturated heterocycles. The van der Waals surface area contributed by atoms with Crippen molar-refractivity contribution in [1.29, 1.82) is 0 Å². The summed E-state index contributed by atoms with van der Waals surface area (Å²) in [4.78, 5) is 0. The SMILES string of the molecule is CCCCCCCCCCCCCCOS(=O)(=O)CCNC.[H-].[Na+]. The van der Waals surface area contributed by atoms with Gasteiger partial charge in [-0.1, -0.05) is 77.6 Å². The third-order valence-corrected chi connectivity index (χ3v) is 5.09. The molecule has 0 aliphatic carbocycles. The monoisotopic (exact) mass is 359 g/mol. The van der Waals surface area contributed by atoms with Crippen LogP contribution in [-0.4, -0.2) is 34.4 Å². The molecule has 0 rings (SSSR count). The molecular formula is C17H38NNaO3S. The molecule has 23 heavy (non-hydrogen) atoms. The maximum atomic E-state index is 11.4. The van der Waals surface area contributed by atoms with Crippen molar-refractivity contribution in [3.05, 3.63) is 0 Å². The molecule has 0 aromatic rings. The van der Waals surface area contributed by atoms with Crippen LogP contribution in [0.3, 0.4) is 0 Å². The summed E-state index contributed by atoms with van der Waals surface area (Å²) >= 11 is 0. The van der Waals surface area contributed by atoms with E-state index in [-0.39, 0.29) is 36.7 Å². The van der Waals surface area contributed by atoms with Crippen LogP contribution in [0.4, 0.5) is 0 Å². The van der Waals surface area contributed by atoms with Gasteiger partial charge in [-0.05, 0) is 13.5 Å². The van der Waals surface area contributed by atoms with Gasteiger partial charge in [0.25, 0.3) is 10.1 Å². The van der Waals surface area contributed by atoms with Crippen LogP contribution < -0.4 is 34.9 Å². The van der Waals surface area contributed by atoms with Crippen molar-refractivity contribution in [2.75, 3.05) is 26.0 Å². The van der Waals surface area contributed by atoms with Crippen molar-refractivity contribution in [2.45, 2.75) is 84.0 Å². The van der Waals surface area contributed by atoms with E-state index in [0.29, 0.717) is 13.2 Å². The van der Waals surface area contributed by atoms with Crippen LogP contribution in [0.5, 0.6) is 0 Å². The average Bonchev–Trinajstić information content (AvgIpc) is 2.50. The summed E-state index contributed by atoms with van der Waals surface area (Å²) in [6.45, 7) is 3.03. The first-order valence-corrected chi connectivity index (χ1v) is 10.7. The van der Waals surface area contributed by atoms with E-state index in [2.05, 4.69) is 12.2 Å². The summed E-state index contributed by atoms with van der Waals surface area (Å²) in [5, 5.41) is 2.81. The summed E-state index contributed by atoms with van der Waals surface area (Å²) in [6, 6.07) is 0. The average molecular weight is 360 g/mol. The Labute approximate surface area is 168 Å². The van der Waals surface area contributed by atoms with Crippen molar-refractivity contribution in [3.8, 4) is 0 Å². The van der Waals surface area contributed by atoms with E-state index in [9.17, 15) is 8.42 Å². The summed E-state index contributed by atoms with van der Waals surface area (Å²) in [5.41, 5.74) is 0. The predicted octanol–water partition coefficient (Wildman–Crippen LogP) is 1.37. The molecule has 4 nitrogen and oxygen atoms in total. The molecule has 0 bridgehead atoms. The van der Waals surface area contributed by atoms with Gasteiger partial charge in [0.2, 0.25) is 0 Å². The molecule has 0 saturated carbocycles. The molecule has 0 spiro atoms. The second kappa shape index (κ2) is 19.2. The minimum Gasteiger partial charge on any atom is -1.00 e. The van der Waals surface area contributed by atoms with E-state index < -0.39 is 10.1 Å². The molecule has 0 fully saturated rings. The first-order valence-electron chi connectivity index (χ1n) is 9.14.